The van der Waals surface area contributed by atoms with Crippen LogP contribution in [0.5, 0.6) is 11.5 Å². The third-order valence-electron chi connectivity index (χ3n) is 6.11. The molecule has 39 heavy (non-hydrogen) atoms. The van der Waals surface area contributed by atoms with Gasteiger partial charge in [0.15, 0.2) is 5.60 Å². The van der Waals surface area contributed by atoms with E-state index in [1.165, 1.54) is 54.3 Å². The Labute approximate surface area is 224 Å². The number of aliphatic hydroxyl groups is 1. The summed E-state index contributed by atoms with van der Waals surface area (Å²) < 4.78 is 43.5. The van der Waals surface area contributed by atoms with Crippen molar-refractivity contribution in [2.45, 2.75) is 25.6 Å². The standard InChI is InChI=1S/C26H20ClF3N6O3/c1-14-3-5-21(37)19(9-14)35-12-23(31-33-35)25(39,16-7-15(2)8-17(10-16)26(28,29)30)24-13-36(34-32-24)20-11-18(27)4-6-22(20)38/h3-13,37-39H,1-2H3. The zero-order chi connectivity index (χ0) is 28.1. The van der Waals surface area contributed by atoms with Gasteiger partial charge in [0.1, 0.15) is 34.3 Å². The van der Waals surface area contributed by atoms with Gasteiger partial charge in [-0.1, -0.05) is 39.7 Å². The Hall–Kier alpha value is -4.42. The molecule has 5 aromatic rings. The van der Waals surface area contributed by atoms with Gasteiger partial charge in [-0.2, -0.15) is 13.2 Å². The fourth-order valence-corrected chi connectivity index (χ4v) is 4.34. The lowest BCUT2D eigenvalue weighted by atomic mass is 9.86. The van der Waals surface area contributed by atoms with Gasteiger partial charge in [0.2, 0.25) is 0 Å². The highest BCUT2D eigenvalue weighted by Gasteiger charge is 2.42. The maximum Gasteiger partial charge on any atom is 0.416 e. The molecule has 0 saturated carbocycles. The van der Waals surface area contributed by atoms with Crippen LogP contribution in [-0.4, -0.2) is 45.3 Å². The summed E-state index contributed by atoms with van der Waals surface area (Å²) in [6.45, 7) is 3.26. The number of hydrogen-bond donors (Lipinski definition) is 3. The second-order valence-electron chi connectivity index (χ2n) is 9.02. The first kappa shape index (κ1) is 26.2. The highest BCUT2D eigenvalue weighted by molar-refractivity contribution is 6.30. The zero-order valence-corrected chi connectivity index (χ0v) is 21.1. The summed E-state index contributed by atoms with van der Waals surface area (Å²) in [6.07, 6.45) is -2.18. The summed E-state index contributed by atoms with van der Waals surface area (Å²) in [4.78, 5) is 0. The molecule has 2 heterocycles. The minimum atomic E-state index is -4.70. The minimum Gasteiger partial charge on any atom is -0.506 e. The van der Waals surface area contributed by atoms with Crippen molar-refractivity contribution in [2.24, 2.45) is 0 Å². The van der Waals surface area contributed by atoms with Crippen molar-refractivity contribution in [1.82, 2.24) is 30.0 Å². The summed E-state index contributed by atoms with van der Waals surface area (Å²) in [7, 11) is 0. The molecule has 0 radical (unpaired) electrons. The first-order valence-electron chi connectivity index (χ1n) is 11.4. The maximum absolute atomic E-state index is 13.7. The molecular formula is C26H20ClF3N6O3. The van der Waals surface area contributed by atoms with Crippen molar-refractivity contribution in [3.8, 4) is 22.9 Å². The quantitative estimate of drug-likeness (QED) is 0.283. The van der Waals surface area contributed by atoms with Gasteiger partial charge in [0.05, 0.1) is 18.0 Å². The largest absolute Gasteiger partial charge is 0.506 e. The van der Waals surface area contributed by atoms with Crippen molar-refractivity contribution in [3.63, 3.8) is 0 Å². The van der Waals surface area contributed by atoms with Gasteiger partial charge in [-0.15, -0.1) is 10.2 Å². The van der Waals surface area contributed by atoms with Crippen LogP contribution in [0.25, 0.3) is 11.4 Å². The van der Waals surface area contributed by atoms with E-state index in [-0.39, 0.29) is 50.4 Å². The Morgan fingerprint density at radius 3 is 1.85 bits per heavy atom. The van der Waals surface area contributed by atoms with Crippen molar-refractivity contribution in [3.05, 3.63) is 106 Å². The normalized spacial score (nSPS) is 13.4. The van der Waals surface area contributed by atoms with E-state index in [0.29, 0.717) is 0 Å². The number of aromatic nitrogens is 6. The topological polar surface area (TPSA) is 122 Å². The first-order chi connectivity index (χ1) is 18.4. The summed E-state index contributed by atoms with van der Waals surface area (Å²) in [5.41, 5.74) is -2.57. The molecule has 0 saturated heterocycles. The number of aromatic hydroxyl groups is 2. The molecule has 2 aromatic heterocycles. The maximum atomic E-state index is 13.7. The molecule has 0 bridgehead atoms. The Bertz CT molecular complexity index is 1610. The molecule has 9 nitrogen and oxygen atoms in total. The number of aryl methyl sites for hydroxylation is 2. The SMILES string of the molecule is Cc1cc(C(F)(F)F)cc(C(O)(c2cn(-c3cc(C)ccc3O)nn2)c2cn(-c3cc(Cl)ccc3O)nn2)c1. The van der Waals surface area contributed by atoms with Crippen LogP contribution in [-0.2, 0) is 11.8 Å². The monoisotopic (exact) mass is 556 g/mol. The van der Waals surface area contributed by atoms with Crippen molar-refractivity contribution in [1.29, 1.82) is 0 Å². The predicted octanol–water partition coefficient (Wildman–Crippen LogP) is 4.83. The lowest BCUT2D eigenvalue weighted by molar-refractivity contribution is -0.137. The van der Waals surface area contributed by atoms with Crippen LogP contribution >= 0.6 is 11.6 Å². The average molecular weight is 557 g/mol. The molecule has 13 heteroatoms. The van der Waals surface area contributed by atoms with Gasteiger partial charge in [0, 0.05) is 5.02 Å². The number of nitrogens with zero attached hydrogens (tertiary/aromatic N) is 6. The molecule has 0 aliphatic carbocycles. The average Bonchev–Trinajstić information content (AvgIpc) is 3.57. The molecule has 3 aromatic carbocycles. The molecule has 200 valence electrons. The molecule has 0 aliphatic heterocycles. The van der Waals surface area contributed by atoms with Gasteiger partial charge in [-0.25, -0.2) is 9.36 Å². The second kappa shape index (κ2) is 9.40. The minimum absolute atomic E-state index is 0.122. The molecule has 5 rings (SSSR count). The molecule has 3 N–H and O–H groups in total. The van der Waals surface area contributed by atoms with Crippen molar-refractivity contribution >= 4 is 11.6 Å². The van der Waals surface area contributed by atoms with Gasteiger partial charge in [-0.3, -0.25) is 0 Å². The summed E-state index contributed by atoms with van der Waals surface area (Å²) in [5.74, 6) is -0.326. The Kier molecular flexibility index (Phi) is 6.31. The number of phenolic OH excluding ortho intramolecular Hbond substituents is 2. The zero-order valence-electron chi connectivity index (χ0n) is 20.4. The number of alkyl halides is 3. The van der Waals surface area contributed by atoms with Crippen LogP contribution < -0.4 is 0 Å². The summed E-state index contributed by atoms with van der Waals surface area (Å²) >= 11 is 6.05. The Balaban J connectivity index is 1.72. The summed E-state index contributed by atoms with van der Waals surface area (Å²) in [6, 6.07) is 12.1. The Morgan fingerprint density at radius 2 is 1.26 bits per heavy atom. The van der Waals surface area contributed by atoms with E-state index in [4.69, 9.17) is 11.6 Å². The fraction of sp³-hybridized carbons (Fsp3) is 0.154. The summed E-state index contributed by atoms with van der Waals surface area (Å²) in [5, 5.41) is 49.1. The first-order valence-corrected chi connectivity index (χ1v) is 11.8. The van der Waals surface area contributed by atoms with E-state index in [1.807, 2.05) is 0 Å². The van der Waals surface area contributed by atoms with E-state index >= 15 is 0 Å². The van der Waals surface area contributed by atoms with E-state index in [2.05, 4.69) is 20.6 Å². The van der Waals surface area contributed by atoms with Crippen LogP contribution in [0.1, 0.15) is 33.6 Å². The van der Waals surface area contributed by atoms with Crippen molar-refractivity contribution < 1.29 is 28.5 Å². The van der Waals surface area contributed by atoms with Crippen LogP contribution in [0.15, 0.2) is 67.0 Å². The van der Waals surface area contributed by atoms with E-state index in [1.54, 1.807) is 19.1 Å². The van der Waals surface area contributed by atoms with Gasteiger partial charge in [-0.05, 0) is 67.4 Å². The smallest absolute Gasteiger partial charge is 0.416 e. The number of hydrogen-bond acceptors (Lipinski definition) is 7. The predicted molar refractivity (Wildman–Crippen MR) is 134 cm³/mol. The van der Waals surface area contributed by atoms with Crippen molar-refractivity contribution in [2.75, 3.05) is 0 Å². The van der Waals surface area contributed by atoms with Gasteiger partial charge >= 0.3 is 6.18 Å². The highest BCUT2D eigenvalue weighted by Crippen LogP contribution is 2.39. The van der Waals surface area contributed by atoms with Crippen LogP contribution in [0.4, 0.5) is 13.2 Å². The van der Waals surface area contributed by atoms with Crippen LogP contribution in [0, 0.1) is 13.8 Å². The number of rotatable bonds is 5. The van der Waals surface area contributed by atoms with Gasteiger partial charge < -0.3 is 15.3 Å². The fourth-order valence-electron chi connectivity index (χ4n) is 4.17. The third-order valence-corrected chi connectivity index (χ3v) is 6.35. The van der Waals surface area contributed by atoms with Crippen LogP contribution in [0.2, 0.25) is 5.02 Å². The van der Waals surface area contributed by atoms with E-state index in [0.717, 1.165) is 22.4 Å². The lowest BCUT2D eigenvalue weighted by Gasteiger charge is -2.25. The molecule has 0 spiro atoms. The Morgan fingerprint density at radius 1 is 0.718 bits per heavy atom. The third kappa shape index (κ3) is 4.79. The molecule has 1 atom stereocenters. The number of phenols is 2. The molecule has 0 amide bonds. The van der Waals surface area contributed by atoms with E-state index < -0.39 is 17.3 Å². The van der Waals surface area contributed by atoms with E-state index in [9.17, 15) is 28.5 Å². The van der Waals surface area contributed by atoms with Gasteiger partial charge in [0.25, 0.3) is 0 Å². The highest BCUT2D eigenvalue weighted by atomic mass is 35.5. The number of benzene rings is 3. The molecule has 0 fully saturated rings. The molecular weight excluding hydrogens is 537 g/mol. The number of halogens is 4. The van der Waals surface area contributed by atoms with Crippen LogP contribution in [0.3, 0.4) is 0 Å². The molecule has 1 unspecified atom stereocenters. The molecule has 0 aliphatic rings. The lowest BCUT2D eigenvalue weighted by Crippen LogP contribution is -2.30. The second-order valence-corrected chi connectivity index (χ2v) is 9.45.